The molecule has 0 aliphatic heterocycles. The van der Waals surface area contributed by atoms with Crippen LogP contribution < -0.4 is 15.0 Å². The van der Waals surface area contributed by atoms with Gasteiger partial charge in [-0.25, -0.2) is 0 Å². The highest BCUT2D eigenvalue weighted by Gasteiger charge is 2.20. The zero-order chi connectivity index (χ0) is 18.7. The van der Waals surface area contributed by atoms with Crippen LogP contribution in [-0.4, -0.2) is 4.99 Å². The molecule has 0 saturated carbocycles. The summed E-state index contributed by atoms with van der Waals surface area (Å²) in [7, 11) is 0. The first-order valence-corrected chi connectivity index (χ1v) is 9.58. The molecule has 0 saturated heterocycles. The lowest BCUT2D eigenvalue weighted by Gasteiger charge is -2.16. The van der Waals surface area contributed by atoms with Crippen molar-refractivity contribution in [2.45, 2.75) is 13.8 Å². The maximum absolute atomic E-state index is 13.2. The van der Waals surface area contributed by atoms with Gasteiger partial charge in [0.1, 0.15) is 0 Å². The monoisotopic (exact) mass is 400 g/mol. The zero-order valence-electron chi connectivity index (χ0n) is 14.3. The summed E-state index contributed by atoms with van der Waals surface area (Å²) < 4.78 is 2.33. The van der Waals surface area contributed by atoms with Gasteiger partial charge in [0, 0.05) is 22.2 Å². The van der Waals surface area contributed by atoms with Gasteiger partial charge in [-0.1, -0.05) is 42.0 Å². The maximum Gasteiger partial charge on any atom is 0.239 e. The molecule has 0 spiro atoms. The molecule has 26 heavy (non-hydrogen) atoms. The Kier molecular flexibility index (Phi) is 5.71. The minimum atomic E-state index is -0.163. The van der Waals surface area contributed by atoms with Crippen molar-refractivity contribution in [1.29, 1.82) is 0 Å². The number of aryl methyl sites for hydroxylation is 2. The number of rotatable bonds is 4. The van der Waals surface area contributed by atoms with Crippen molar-refractivity contribution in [3.05, 3.63) is 81.3 Å². The largest absolute Gasteiger partial charge is 0.867 e. The standard InChI is InChI=1S/C20H17ClN2OS2/c1-13-6-5-11-23(12-13)18(19(24)16-9-10-17(21)26-16)20(25)22-15-8-4-3-7-14(15)2/h3-12H,1-2H3,(H-,22,24,25). The van der Waals surface area contributed by atoms with E-state index in [2.05, 4.69) is 5.32 Å². The highest BCUT2D eigenvalue weighted by atomic mass is 35.5. The van der Waals surface area contributed by atoms with Crippen molar-refractivity contribution in [1.82, 2.24) is 0 Å². The summed E-state index contributed by atoms with van der Waals surface area (Å²) in [6, 6.07) is 15.1. The molecule has 0 unspecified atom stereocenters. The molecule has 3 rings (SSSR count). The number of aromatic nitrogens is 1. The Morgan fingerprint density at radius 3 is 2.54 bits per heavy atom. The quantitative estimate of drug-likeness (QED) is 0.305. The smallest absolute Gasteiger partial charge is 0.239 e. The van der Waals surface area contributed by atoms with Gasteiger partial charge in [-0.15, -0.1) is 11.3 Å². The van der Waals surface area contributed by atoms with Crippen molar-refractivity contribution < 1.29 is 9.67 Å². The molecular formula is C20H17ClN2OS2. The van der Waals surface area contributed by atoms with Crippen molar-refractivity contribution >= 4 is 57.3 Å². The number of thiophene rings is 1. The van der Waals surface area contributed by atoms with E-state index in [1.807, 2.05) is 62.6 Å². The highest BCUT2D eigenvalue weighted by molar-refractivity contribution is 7.81. The van der Waals surface area contributed by atoms with Gasteiger partial charge in [0.2, 0.25) is 5.70 Å². The molecule has 0 radical (unpaired) electrons. The third kappa shape index (κ3) is 4.12. The van der Waals surface area contributed by atoms with Crippen LogP contribution in [0.2, 0.25) is 4.34 Å². The summed E-state index contributed by atoms with van der Waals surface area (Å²) in [4.78, 5) is 0.914. The molecule has 2 heterocycles. The Morgan fingerprint density at radius 1 is 1.12 bits per heavy atom. The Balaban J connectivity index is 2.09. The number of benzene rings is 1. The van der Waals surface area contributed by atoms with Crippen molar-refractivity contribution in [3.8, 4) is 0 Å². The number of anilines is 1. The molecule has 3 nitrogen and oxygen atoms in total. The van der Waals surface area contributed by atoms with E-state index >= 15 is 0 Å². The SMILES string of the molecule is Cc1ccc[n+](C(C(=S)Nc2ccccc2C)=C([O-])c2ccc(Cl)s2)c1. The van der Waals surface area contributed by atoms with Crippen molar-refractivity contribution in [2.24, 2.45) is 0 Å². The van der Waals surface area contributed by atoms with E-state index in [0.29, 0.717) is 19.9 Å². The maximum atomic E-state index is 13.2. The molecule has 0 fully saturated rings. The molecule has 2 aromatic heterocycles. The van der Waals surface area contributed by atoms with Crippen LogP contribution in [0.3, 0.4) is 0 Å². The molecule has 0 atom stereocenters. The van der Waals surface area contributed by atoms with Gasteiger partial charge in [0.25, 0.3) is 0 Å². The fraction of sp³-hybridized carbons (Fsp3) is 0.100. The molecule has 0 aliphatic carbocycles. The predicted molar refractivity (Wildman–Crippen MR) is 111 cm³/mol. The van der Waals surface area contributed by atoms with E-state index in [-0.39, 0.29) is 5.76 Å². The van der Waals surface area contributed by atoms with Crippen LogP contribution in [0.15, 0.2) is 60.9 Å². The van der Waals surface area contributed by atoms with Gasteiger partial charge in [0.05, 0.1) is 4.34 Å². The van der Waals surface area contributed by atoms with Crippen molar-refractivity contribution in [3.63, 3.8) is 0 Å². The number of hydrogen-bond acceptors (Lipinski definition) is 3. The van der Waals surface area contributed by atoms with Gasteiger partial charge < -0.3 is 10.4 Å². The second kappa shape index (κ2) is 7.99. The minimum absolute atomic E-state index is 0.163. The number of nitrogens with zero attached hydrogens (tertiary/aromatic N) is 1. The Labute approximate surface area is 167 Å². The fourth-order valence-corrected chi connectivity index (χ4v) is 3.81. The first-order valence-electron chi connectivity index (χ1n) is 7.98. The third-order valence-corrected chi connectivity index (χ3v) is 5.35. The van der Waals surface area contributed by atoms with E-state index in [1.165, 1.54) is 11.3 Å². The summed E-state index contributed by atoms with van der Waals surface area (Å²) in [5, 5.41) is 16.4. The number of hydrogen-bond donors (Lipinski definition) is 1. The molecule has 132 valence electrons. The van der Waals surface area contributed by atoms with Gasteiger partial charge in [-0.05, 0) is 49.4 Å². The first-order chi connectivity index (χ1) is 12.5. The van der Waals surface area contributed by atoms with Gasteiger partial charge in [-0.3, -0.25) is 0 Å². The molecule has 1 N–H and O–H groups in total. The first kappa shape index (κ1) is 18.6. The predicted octanol–water partition coefficient (Wildman–Crippen LogP) is 4.43. The molecule has 3 aromatic rings. The van der Waals surface area contributed by atoms with E-state index in [1.54, 1.807) is 16.7 Å². The fourth-order valence-electron chi connectivity index (χ4n) is 2.52. The number of nitrogens with one attached hydrogen (secondary N) is 1. The zero-order valence-corrected chi connectivity index (χ0v) is 16.7. The van der Waals surface area contributed by atoms with Gasteiger partial charge >= 0.3 is 0 Å². The van der Waals surface area contributed by atoms with E-state index in [9.17, 15) is 5.11 Å². The highest BCUT2D eigenvalue weighted by Crippen LogP contribution is 2.27. The number of halogens is 1. The summed E-state index contributed by atoms with van der Waals surface area (Å²) >= 11 is 12.9. The van der Waals surface area contributed by atoms with E-state index in [4.69, 9.17) is 23.8 Å². The summed E-state index contributed by atoms with van der Waals surface area (Å²) in [5.41, 5.74) is 3.35. The second-order valence-electron chi connectivity index (χ2n) is 5.84. The lowest BCUT2D eigenvalue weighted by atomic mass is 10.2. The normalized spacial score (nSPS) is 11.8. The lowest BCUT2D eigenvalue weighted by Crippen LogP contribution is -2.40. The van der Waals surface area contributed by atoms with Crippen LogP contribution in [0.5, 0.6) is 0 Å². The van der Waals surface area contributed by atoms with E-state index in [0.717, 1.165) is 16.8 Å². The van der Waals surface area contributed by atoms with Gasteiger partial charge in [0.15, 0.2) is 17.4 Å². The second-order valence-corrected chi connectivity index (χ2v) is 7.96. The minimum Gasteiger partial charge on any atom is -0.867 e. The summed E-state index contributed by atoms with van der Waals surface area (Å²) in [6.07, 6.45) is 3.70. The molecular weight excluding hydrogens is 384 g/mol. The lowest BCUT2D eigenvalue weighted by molar-refractivity contribution is -0.578. The van der Waals surface area contributed by atoms with Crippen LogP contribution in [0.1, 0.15) is 16.0 Å². The Morgan fingerprint density at radius 2 is 1.88 bits per heavy atom. The third-order valence-electron chi connectivity index (χ3n) is 3.83. The average molecular weight is 401 g/mol. The molecule has 0 bridgehead atoms. The topological polar surface area (TPSA) is 39.0 Å². The number of para-hydroxylation sites is 1. The molecule has 0 aliphatic rings. The molecule has 0 amide bonds. The van der Waals surface area contributed by atoms with E-state index < -0.39 is 0 Å². The Bertz CT molecular complexity index is 995. The van der Waals surface area contributed by atoms with Crippen molar-refractivity contribution in [2.75, 3.05) is 5.32 Å². The molecule has 1 aromatic carbocycles. The molecule has 6 heteroatoms. The summed E-state index contributed by atoms with van der Waals surface area (Å²) in [5.74, 6) is -0.163. The van der Waals surface area contributed by atoms with Crippen LogP contribution in [0.25, 0.3) is 11.5 Å². The average Bonchev–Trinajstić information content (AvgIpc) is 3.04. The summed E-state index contributed by atoms with van der Waals surface area (Å²) in [6.45, 7) is 3.96. The van der Waals surface area contributed by atoms with Crippen LogP contribution in [0.4, 0.5) is 5.69 Å². The number of pyridine rings is 1. The van der Waals surface area contributed by atoms with Crippen LogP contribution >= 0.6 is 35.2 Å². The Hall–Kier alpha value is -2.21. The van der Waals surface area contributed by atoms with Gasteiger partial charge in [-0.2, -0.15) is 4.57 Å². The van der Waals surface area contributed by atoms with Crippen LogP contribution in [-0.2, 0) is 0 Å². The number of thiocarbonyl (C=S) groups is 1. The van der Waals surface area contributed by atoms with Crippen LogP contribution in [0, 0.1) is 13.8 Å².